The predicted molar refractivity (Wildman–Crippen MR) is 99.9 cm³/mol. The van der Waals surface area contributed by atoms with Crippen LogP contribution in [0.2, 0.25) is 0 Å². The number of hydrogen-bond donors (Lipinski definition) is 2. The summed E-state index contributed by atoms with van der Waals surface area (Å²) in [4.78, 5) is 29.0. The lowest BCUT2D eigenvalue weighted by Crippen LogP contribution is -2.58. The summed E-state index contributed by atoms with van der Waals surface area (Å²) < 4.78 is 0. The minimum atomic E-state index is -0.393. The lowest BCUT2D eigenvalue weighted by Gasteiger charge is -2.35. The van der Waals surface area contributed by atoms with Crippen molar-refractivity contribution >= 4 is 23.3 Å². The molecule has 1 aromatic carbocycles. The maximum absolute atomic E-state index is 12.8. The summed E-state index contributed by atoms with van der Waals surface area (Å²) in [5.74, 6) is 0.295. The first kappa shape index (κ1) is 17.6. The van der Waals surface area contributed by atoms with Crippen LogP contribution in [0, 0.1) is 5.92 Å². The second-order valence-corrected chi connectivity index (χ2v) is 7.30. The van der Waals surface area contributed by atoms with Crippen LogP contribution in [0.25, 0.3) is 0 Å². The highest BCUT2D eigenvalue weighted by atomic mass is 16.2. The number of piperazine rings is 1. The average Bonchev–Trinajstić information content (AvgIpc) is 3.11. The van der Waals surface area contributed by atoms with Crippen molar-refractivity contribution in [2.45, 2.75) is 39.2 Å². The van der Waals surface area contributed by atoms with Crippen molar-refractivity contribution in [3.8, 4) is 0 Å². The van der Waals surface area contributed by atoms with Crippen LogP contribution in [0.5, 0.6) is 0 Å². The van der Waals surface area contributed by atoms with Gasteiger partial charge in [-0.3, -0.25) is 4.79 Å². The molecule has 136 valence electrons. The van der Waals surface area contributed by atoms with Crippen molar-refractivity contribution in [1.29, 1.82) is 0 Å². The number of benzene rings is 1. The Morgan fingerprint density at radius 3 is 2.76 bits per heavy atom. The van der Waals surface area contributed by atoms with Crippen molar-refractivity contribution in [2.75, 3.05) is 36.4 Å². The number of anilines is 2. The molecule has 2 N–H and O–H groups in total. The zero-order valence-electron chi connectivity index (χ0n) is 15.1. The van der Waals surface area contributed by atoms with Crippen LogP contribution in [0.1, 0.15) is 33.1 Å². The summed E-state index contributed by atoms with van der Waals surface area (Å²) in [6.45, 7) is 7.32. The summed E-state index contributed by atoms with van der Waals surface area (Å²) in [5.41, 5.74) is 1.93. The van der Waals surface area contributed by atoms with Gasteiger partial charge in [-0.15, -0.1) is 0 Å². The van der Waals surface area contributed by atoms with E-state index >= 15 is 0 Å². The highest BCUT2D eigenvalue weighted by Crippen LogP contribution is 2.24. The standard InChI is InChI=1S/C19H28N4O2/c1-14(2)12-17-18(24)20-8-11-23(17)19(25)21-15-6-5-7-16(13-15)22-9-3-4-10-22/h5-7,13-14,17H,3-4,8-12H2,1-2H3,(H,20,24)(H,21,25)/t17-/m0/s1. The Hall–Kier alpha value is -2.24. The van der Waals surface area contributed by atoms with Crippen molar-refractivity contribution in [3.05, 3.63) is 24.3 Å². The minimum Gasteiger partial charge on any atom is -0.371 e. The normalized spacial score (nSPS) is 20.8. The summed E-state index contributed by atoms with van der Waals surface area (Å²) in [6, 6.07) is 7.38. The van der Waals surface area contributed by atoms with Crippen molar-refractivity contribution < 1.29 is 9.59 Å². The van der Waals surface area contributed by atoms with Crippen LogP contribution in [0.15, 0.2) is 24.3 Å². The highest BCUT2D eigenvalue weighted by Gasteiger charge is 2.33. The number of rotatable bonds is 4. The number of nitrogens with zero attached hydrogens (tertiary/aromatic N) is 2. The molecular weight excluding hydrogens is 316 g/mol. The van der Waals surface area contributed by atoms with E-state index in [0.29, 0.717) is 25.4 Å². The van der Waals surface area contributed by atoms with E-state index in [0.717, 1.165) is 24.5 Å². The fourth-order valence-electron chi connectivity index (χ4n) is 3.59. The Balaban J connectivity index is 1.70. The molecule has 2 aliphatic heterocycles. The molecule has 1 aromatic rings. The highest BCUT2D eigenvalue weighted by molar-refractivity contribution is 5.94. The van der Waals surface area contributed by atoms with Crippen LogP contribution in [-0.4, -0.2) is 49.1 Å². The summed E-state index contributed by atoms with van der Waals surface area (Å²) in [6.07, 6.45) is 3.11. The molecule has 6 nitrogen and oxygen atoms in total. The predicted octanol–water partition coefficient (Wildman–Crippen LogP) is 2.67. The molecule has 1 atom stereocenters. The third-order valence-electron chi connectivity index (χ3n) is 4.85. The smallest absolute Gasteiger partial charge is 0.322 e. The van der Waals surface area contributed by atoms with Gasteiger partial charge in [0.25, 0.3) is 0 Å². The van der Waals surface area contributed by atoms with Crippen molar-refractivity contribution in [2.24, 2.45) is 5.92 Å². The van der Waals surface area contributed by atoms with Gasteiger partial charge in [0, 0.05) is 37.6 Å². The molecule has 0 saturated carbocycles. The number of hydrogen-bond acceptors (Lipinski definition) is 3. The largest absolute Gasteiger partial charge is 0.371 e. The first-order chi connectivity index (χ1) is 12.0. The molecule has 25 heavy (non-hydrogen) atoms. The molecular formula is C19H28N4O2. The van der Waals surface area contributed by atoms with E-state index in [1.165, 1.54) is 12.8 Å². The van der Waals surface area contributed by atoms with Gasteiger partial charge >= 0.3 is 6.03 Å². The van der Waals surface area contributed by atoms with Gasteiger partial charge in [-0.05, 0) is 43.4 Å². The lowest BCUT2D eigenvalue weighted by molar-refractivity contribution is -0.128. The van der Waals surface area contributed by atoms with E-state index in [2.05, 4.69) is 35.4 Å². The van der Waals surface area contributed by atoms with Crippen LogP contribution >= 0.6 is 0 Å². The van der Waals surface area contributed by atoms with E-state index in [9.17, 15) is 9.59 Å². The fraction of sp³-hybridized carbons (Fsp3) is 0.579. The number of amides is 3. The summed E-state index contributed by atoms with van der Waals surface area (Å²) in [5, 5.41) is 5.84. The number of urea groups is 1. The van der Waals surface area contributed by atoms with Gasteiger partial charge in [0.05, 0.1) is 0 Å². The molecule has 0 aromatic heterocycles. The summed E-state index contributed by atoms with van der Waals surface area (Å²) in [7, 11) is 0. The molecule has 3 rings (SSSR count). The van der Waals surface area contributed by atoms with Crippen LogP contribution < -0.4 is 15.5 Å². The number of carbonyl (C=O) groups excluding carboxylic acids is 2. The maximum Gasteiger partial charge on any atom is 0.322 e. The summed E-state index contributed by atoms with van der Waals surface area (Å²) >= 11 is 0. The third kappa shape index (κ3) is 4.24. The molecule has 2 aliphatic rings. The second-order valence-electron chi connectivity index (χ2n) is 7.30. The van der Waals surface area contributed by atoms with Gasteiger partial charge < -0.3 is 20.4 Å². The van der Waals surface area contributed by atoms with Crippen molar-refractivity contribution in [1.82, 2.24) is 10.2 Å². The van der Waals surface area contributed by atoms with E-state index in [1.54, 1.807) is 4.90 Å². The molecule has 2 saturated heterocycles. The Morgan fingerprint density at radius 1 is 1.28 bits per heavy atom. The van der Waals surface area contributed by atoms with Gasteiger partial charge in [-0.1, -0.05) is 19.9 Å². The van der Waals surface area contributed by atoms with Gasteiger partial charge in [-0.2, -0.15) is 0 Å². The average molecular weight is 344 g/mol. The molecule has 6 heteroatoms. The minimum absolute atomic E-state index is 0.0547. The molecule has 2 fully saturated rings. The monoisotopic (exact) mass is 344 g/mol. The second kappa shape index (κ2) is 7.76. The molecule has 0 aliphatic carbocycles. The van der Waals surface area contributed by atoms with Gasteiger partial charge in [0.15, 0.2) is 0 Å². The quantitative estimate of drug-likeness (QED) is 0.883. The van der Waals surface area contributed by atoms with Crippen LogP contribution in [-0.2, 0) is 4.79 Å². The Morgan fingerprint density at radius 2 is 2.04 bits per heavy atom. The van der Waals surface area contributed by atoms with E-state index in [1.807, 2.05) is 18.2 Å². The zero-order valence-corrected chi connectivity index (χ0v) is 15.1. The van der Waals surface area contributed by atoms with E-state index in [4.69, 9.17) is 0 Å². The van der Waals surface area contributed by atoms with Crippen LogP contribution in [0.3, 0.4) is 0 Å². The third-order valence-corrected chi connectivity index (χ3v) is 4.85. The molecule has 2 heterocycles. The first-order valence-corrected chi connectivity index (χ1v) is 9.25. The molecule has 0 unspecified atom stereocenters. The van der Waals surface area contributed by atoms with Gasteiger partial charge in [0.1, 0.15) is 6.04 Å². The SMILES string of the molecule is CC(C)C[C@H]1C(=O)NCCN1C(=O)Nc1cccc(N2CCCC2)c1. The maximum atomic E-state index is 12.8. The number of carbonyl (C=O) groups is 2. The Bertz CT molecular complexity index is 626. The van der Waals surface area contributed by atoms with E-state index < -0.39 is 6.04 Å². The molecule has 0 bridgehead atoms. The fourth-order valence-corrected chi connectivity index (χ4v) is 3.59. The number of nitrogens with one attached hydrogen (secondary N) is 2. The Labute approximate surface area is 149 Å². The first-order valence-electron chi connectivity index (χ1n) is 9.25. The van der Waals surface area contributed by atoms with Crippen LogP contribution in [0.4, 0.5) is 16.2 Å². The van der Waals surface area contributed by atoms with E-state index in [-0.39, 0.29) is 11.9 Å². The molecule has 0 radical (unpaired) electrons. The topological polar surface area (TPSA) is 64.7 Å². The molecule has 3 amide bonds. The van der Waals surface area contributed by atoms with Gasteiger partial charge in [0.2, 0.25) is 5.91 Å². The van der Waals surface area contributed by atoms with Gasteiger partial charge in [-0.25, -0.2) is 4.79 Å². The zero-order chi connectivity index (χ0) is 17.8. The molecule has 0 spiro atoms. The Kier molecular flexibility index (Phi) is 5.46. The van der Waals surface area contributed by atoms with Crippen molar-refractivity contribution in [3.63, 3.8) is 0 Å². The lowest BCUT2D eigenvalue weighted by atomic mass is 10.0.